The van der Waals surface area contributed by atoms with Gasteiger partial charge in [-0.05, 0) is 49.1 Å². The molecule has 25 heavy (non-hydrogen) atoms. The number of hydrogen-bond donors (Lipinski definition) is 1. The number of rotatable bonds is 4. The predicted molar refractivity (Wildman–Crippen MR) is 99.2 cm³/mol. The summed E-state index contributed by atoms with van der Waals surface area (Å²) in [6.45, 7) is 2.77. The molecule has 3 rings (SSSR count). The molecule has 0 aromatic heterocycles. The van der Waals surface area contributed by atoms with Crippen molar-refractivity contribution in [3.63, 3.8) is 0 Å². The lowest BCUT2D eigenvalue weighted by molar-refractivity contribution is 0.0951. The van der Waals surface area contributed by atoms with Crippen LogP contribution in [0.2, 0.25) is 0 Å². The average Bonchev–Trinajstić information content (AvgIpc) is 2.59. The lowest BCUT2D eigenvalue weighted by atomic mass is 10.1. The van der Waals surface area contributed by atoms with E-state index in [1.165, 1.54) is 4.31 Å². The molecule has 0 spiro atoms. The Morgan fingerprint density at radius 1 is 1.12 bits per heavy atom. The normalized spacial score (nSPS) is 16.4. The smallest absolute Gasteiger partial charge is 0.251 e. The molecule has 0 bridgehead atoms. The Balaban J connectivity index is 1.80. The SMILES string of the molecule is Cc1cc(C(=O)NCc2ccccc2)cc(N2CCCCS2(=O)=O)c1. The van der Waals surface area contributed by atoms with Crippen LogP contribution >= 0.6 is 0 Å². The highest BCUT2D eigenvalue weighted by Gasteiger charge is 2.26. The Morgan fingerprint density at radius 2 is 1.88 bits per heavy atom. The minimum absolute atomic E-state index is 0.163. The van der Waals surface area contributed by atoms with Gasteiger partial charge in [-0.25, -0.2) is 8.42 Å². The lowest BCUT2D eigenvalue weighted by Gasteiger charge is -2.28. The topological polar surface area (TPSA) is 66.5 Å². The largest absolute Gasteiger partial charge is 0.348 e. The maximum atomic E-state index is 12.5. The molecule has 1 aliphatic rings. The van der Waals surface area contributed by atoms with E-state index in [2.05, 4.69) is 5.32 Å². The number of nitrogens with one attached hydrogen (secondary N) is 1. The molecular weight excluding hydrogens is 336 g/mol. The van der Waals surface area contributed by atoms with Crippen LogP contribution < -0.4 is 9.62 Å². The van der Waals surface area contributed by atoms with Gasteiger partial charge in [0, 0.05) is 18.7 Å². The van der Waals surface area contributed by atoms with E-state index in [0.717, 1.165) is 17.5 Å². The summed E-state index contributed by atoms with van der Waals surface area (Å²) in [5.41, 5.74) is 2.93. The zero-order chi connectivity index (χ0) is 17.9. The van der Waals surface area contributed by atoms with E-state index < -0.39 is 10.0 Å². The standard InChI is InChI=1S/C19H22N2O3S/c1-15-11-17(19(22)20-14-16-7-3-2-4-8-16)13-18(12-15)21-9-5-6-10-25(21,23)24/h2-4,7-8,11-13H,5-6,9-10,14H2,1H3,(H,20,22). The summed E-state index contributed by atoms with van der Waals surface area (Å²) in [6, 6.07) is 14.9. The van der Waals surface area contributed by atoms with Crippen LogP contribution in [0.5, 0.6) is 0 Å². The molecule has 2 aromatic carbocycles. The summed E-state index contributed by atoms with van der Waals surface area (Å²) >= 11 is 0. The van der Waals surface area contributed by atoms with Crippen molar-refractivity contribution in [3.8, 4) is 0 Å². The fourth-order valence-corrected chi connectivity index (χ4v) is 4.62. The van der Waals surface area contributed by atoms with Crippen molar-refractivity contribution in [1.29, 1.82) is 0 Å². The molecule has 1 amide bonds. The molecule has 0 aliphatic carbocycles. The fourth-order valence-electron chi connectivity index (χ4n) is 3.00. The van der Waals surface area contributed by atoms with Gasteiger partial charge in [0.1, 0.15) is 0 Å². The van der Waals surface area contributed by atoms with Gasteiger partial charge in [-0.15, -0.1) is 0 Å². The molecule has 0 saturated carbocycles. The van der Waals surface area contributed by atoms with Crippen molar-refractivity contribution in [2.45, 2.75) is 26.3 Å². The van der Waals surface area contributed by atoms with E-state index in [-0.39, 0.29) is 11.7 Å². The van der Waals surface area contributed by atoms with Crippen LogP contribution in [0, 0.1) is 6.92 Å². The Bertz CT molecular complexity index is 863. The van der Waals surface area contributed by atoms with Gasteiger partial charge in [0.25, 0.3) is 5.91 Å². The maximum absolute atomic E-state index is 12.5. The van der Waals surface area contributed by atoms with Gasteiger partial charge in [-0.2, -0.15) is 0 Å². The van der Waals surface area contributed by atoms with E-state index in [1.807, 2.05) is 43.3 Å². The summed E-state index contributed by atoms with van der Waals surface area (Å²) in [4.78, 5) is 12.5. The van der Waals surface area contributed by atoms with Gasteiger partial charge in [0.05, 0.1) is 11.4 Å². The van der Waals surface area contributed by atoms with Crippen molar-refractivity contribution >= 4 is 21.6 Å². The quantitative estimate of drug-likeness (QED) is 0.914. The Hall–Kier alpha value is -2.34. The van der Waals surface area contributed by atoms with E-state index in [9.17, 15) is 13.2 Å². The van der Waals surface area contributed by atoms with Crippen molar-refractivity contribution in [1.82, 2.24) is 5.32 Å². The van der Waals surface area contributed by atoms with Gasteiger partial charge in [-0.1, -0.05) is 30.3 Å². The second kappa shape index (κ2) is 7.27. The molecular formula is C19H22N2O3S. The zero-order valence-electron chi connectivity index (χ0n) is 14.2. The maximum Gasteiger partial charge on any atom is 0.251 e. The van der Waals surface area contributed by atoms with Crippen LogP contribution in [-0.2, 0) is 16.6 Å². The van der Waals surface area contributed by atoms with E-state index >= 15 is 0 Å². The first-order valence-corrected chi connectivity index (χ1v) is 10.0. The zero-order valence-corrected chi connectivity index (χ0v) is 15.1. The fraction of sp³-hybridized carbons (Fsp3) is 0.316. The van der Waals surface area contributed by atoms with Crippen LogP contribution in [-0.4, -0.2) is 26.6 Å². The Morgan fingerprint density at radius 3 is 2.60 bits per heavy atom. The third kappa shape index (κ3) is 4.20. The highest BCUT2D eigenvalue weighted by molar-refractivity contribution is 7.92. The number of nitrogens with zero attached hydrogens (tertiary/aromatic N) is 1. The van der Waals surface area contributed by atoms with E-state index in [4.69, 9.17) is 0 Å². The third-order valence-electron chi connectivity index (χ3n) is 4.26. The molecule has 1 fully saturated rings. The van der Waals surface area contributed by atoms with E-state index in [0.29, 0.717) is 30.8 Å². The molecule has 0 unspecified atom stereocenters. The van der Waals surface area contributed by atoms with Crippen LogP contribution in [0.15, 0.2) is 48.5 Å². The van der Waals surface area contributed by atoms with Crippen LogP contribution in [0.25, 0.3) is 0 Å². The summed E-state index contributed by atoms with van der Waals surface area (Å²) in [5, 5.41) is 2.89. The Labute approximate surface area is 148 Å². The molecule has 0 radical (unpaired) electrons. The molecule has 5 nitrogen and oxygen atoms in total. The first kappa shape index (κ1) is 17.5. The molecule has 2 aromatic rings. The minimum atomic E-state index is -3.29. The second-order valence-corrected chi connectivity index (χ2v) is 8.33. The number of benzene rings is 2. The number of anilines is 1. The Kier molecular flexibility index (Phi) is 5.08. The molecule has 0 atom stereocenters. The van der Waals surface area contributed by atoms with Gasteiger partial charge in [-0.3, -0.25) is 9.10 Å². The van der Waals surface area contributed by atoms with Crippen LogP contribution in [0.3, 0.4) is 0 Å². The monoisotopic (exact) mass is 358 g/mol. The molecule has 6 heteroatoms. The van der Waals surface area contributed by atoms with Crippen LogP contribution in [0.4, 0.5) is 5.69 Å². The summed E-state index contributed by atoms with van der Waals surface area (Å²) in [5.74, 6) is -0.0422. The lowest BCUT2D eigenvalue weighted by Crippen LogP contribution is -2.38. The van der Waals surface area contributed by atoms with Crippen molar-refractivity contribution in [2.24, 2.45) is 0 Å². The van der Waals surface area contributed by atoms with Gasteiger partial charge in [0.2, 0.25) is 10.0 Å². The third-order valence-corrected chi connectivity index (χ3v) is 6.13. The average molecular weight is 358 g/mol. The van der Waals surface area contributed by atoms with Crippen molar-refractivity contribution < 1.29 is 13.2 Å². The molecule has 1 heterocycles. The predicted octanol–water partition coefficient (Wildman–Crippen LogP) is 2.86. The first-order chi connectivity index (χ1) is 12.0. The summed E-state index contributed by atoms with van der Waals surface area (Å²) in [6.07, 6.45) is 1.53. The van der Waals surface area contributed by atoms with Gasteiger partial charge < -0.3 is 5.32 Å². The molecule has 132 valence electrons. The summed E-state index contributed by atoms with van der Waals surface area (Å²) < 4.78 is 26.0. The van der Waals surface area contributed by atoms with Crippen LogP contribution in [0.1, 0.15) is 34.3 Å². The molecule has 1 N–H and O–H groups in total. The number of amides is 1. The number of carbonyl (C=O) groups excluding carboxylic acids is 1. The molecule has 1 aliphatic heterocycles. The van der Waals surface area contributed by atoms with Gasteiger partial charge >= 0.3 is 0 Å². The van der Waals surface area contributed by atoms with Crippen molar-refractivity contribution in [2.75, 3.05) is 16.6 Å². The summed E-state index contributed by atoms with van der Waals surface area (Å²) in [7, 11) is -3.29. The van der Waals surface area contributed by atoms with Gasteiger partial charge in [0.15, 0.2) is 0 Å². The first-order valence-electron chi connectivity index (χ1n) is 8.40. The minimum Gasteiger partial charge on any atom is -0.348 e. The number of carbonyl (C=O) groups is 1. The van der Waals surface area contributed by atoms with Crippen molar-refractivity contribution in [3.05, 3.63) is 65.2 Å². The number of aryl methyl sites for hydroxylation is 1. The highest BCUT2D eigenvalue weighted by Crippen LogP contribution is 2.26. The second-order valence-electron chi connectivity index (χ2n) is 6.32. The number of hydrogen-bond acceptors (Lipinski definition) is 3. The number of sulfonamides is 1. The van der Waals surface area contributed by atoms with E-state index in [1.54, 1.807) is 12.1 Å². The molecule has 1 saturated heterocycles. The highest BCUT2D eigenvalue weighted by atomic mass is 32.2.